The maximum atomic E-state index is 12.3. The molecule has 1 saturated carbocycles. The number of thioether (sulfide) groups is 1. The molecule has 20 heavy (non-hydrogen) atoms. The third-order valence-corrected chi connectivity index (χ3v) is 4.85. The second-order valence-corrected chi connectivity index (χ2v) is 6.48. The molecule has 2 unspecified atom stereocenters. The molecule has 4 nitrogen and oxygen atoms in total. The van der Waals surface area contributed by atoms with Crippen molar-refractivity contribution in [1.82, 2.24) is 10.3 Å². The molecule has 0 radical (unpaired) electrons. The lowest BCUT2D eigenvalue weighted by atomic mass is 10.2. The number of rotatable bonds is 6. The van der Waals surface area contributed by atoms with Gasteiger partial charge in [-0.1, -0.05) is 13.3 Å². The van der Waals surface area contributed by atoms with E-state index in [0.29, 0.717) is 10.9 Å². The minimum absolute atomic E-state index is 0.0571. The van der Waals surface area contributed by atoms with Crippen LogP contribution in [0.1, 0.15) is 43.6 Å². The standard InChI is InChI=1S/C15H23N3OS/c1-3-16-11-8-9-17-13(10-11)15(19)18-12-6-5-7-14(12)20-4-2/h8-10,12,14H,3-7H2,1-2H3,(H,16,17)(H,18,19). The molecule has 2 N–H and O–H groups in total. The number of carbonyl (C=O) groups excluding carboxylic acids is 1. The van der Waals surface area contributed by atoms with Crippen molar-refractivity contribution in [3.8, 4) is 0 Å². The van der Waals surface area contributed by atoms with Crippen molar-refractivity contribution in [2.24, 2.45) is 0 Å². The van der Waals surface area contributed by atoms with Gasteiger partial charge in [0, 0.05) is 29.7 Å². The summed E-state index contributed by atoms with van der Waals surface area (Å²) in [6.07, 6.45) is 5.16. The molecular formula is C15H23N3OS. The van der Waals surface area contributed by atoms with Gasteiger partial charge in [0.1, 0.15) is 5.69 Å². The Morgan fingerprint density at radius 3 is 3.05 bits per heavy atom. The smallest absolute Gasteiger partial charge is 0.270 e. The van der Waals surface area contributed by atoms with Crippen LogP contribution in [0.25, 0.3) is 0 Å². The number of nitrogens with one attached hydrogen (secondary N) is 2. The number of carbonyl (C=O) groups is 1. The molecule has 1 aromatic rings. The van der Waals surface area contributed by atoms with E-state index in [1.165, 1.54) is 12.8 Å². The van der Waals surface area contributed by atoms with E-state index in [4.69, 9.17) is 0 Å². The van der Waals surface area contributed by atoms with Crippen LogP contribution in [0.4, 0.5) is 5.69 Å². The quantitative estimate of drug-likeness (QED) is 0.847. The van der Waals surface area contributed by atoms with E-state index < -0.39 is 0 Å². The molecule has 0 aliphatic heterocycles. The molecule has 2 atom stereocenters. The van der Waals surface area contributed by atoms with Crippen LogP contribution < -0.4 is 10.6 Å². The fraction of sp³-hybridized carbons (Fsp3) is 0.600. The van der Waals surface area contributed by atoms with Gasteiger partial charge in [0.2, 0.25) is 0 Å². The summed E-state index contributed by atoms with van der Waals surface area (Å²) in [5, 5.41) is 6.91. The molecule has 0 saturated heterocycles. The first-order valence-corrected chi connectivity index (χ1v) is 8.41. The molecule has 0 bridgehead atoms. The minimum Gasteiger partial charge on any atom is -0.385 e. The van der Waals surface area contributed by atoms with Gasteiger partial charge >= 0.3 is 0 Å². The number of pyridine rings is 1. The van der Waals surface area contributed by atoms with E-state index in [0.717, 1.165) is 24.4 Å². The maximum absolute atomic E-state index is 12.3. The lowest BCUT2D eigenvalue weighted by molar-refractivity contribution is 0.0933. The van der Waals surface area contributed by atoms with Crippen LogP contribution in [0.5, 0.6) is 0 Å². The Morgan fingerprint density at radius 2 is 2.30 bits per heavy atom. The summed E-state index contributed by atoms with van der Waals surface area (Å²) >= 11 is 1.95. The Kier molecular flexibility index (Phi) is 5.71. The minimum atomic E-state index is -0.0571. The zero-order chi connectivity index (χ0) is 14.4. The third-order valence-electron chi connectivity index (χ3n) is 3.52. The van der Waals surface area contributed by atoms with E-state index in [-0.39, 0.29) is 11.9 Å². The van der Waals surface area contributed by atoms with E-state index in [9.17, 15) is 4.79 Å². The third kappa shape index (κ3) is 3.88. The first-order valence-electron chi connectivity index (χ1n) is 7.37. The second kappa shape index (κ2) is 7.53. The topological polar surface area (TPSA) is 54.0 Å². The van der Waals surface area contributed by atoms with Crippen LogP contribution in [0.2, 0.25) is 0 Å². The van der Waals surface area contributed by atoms with Crippen LogP contribution in [-0.2, 0) is 0 Å². The van der Waals surface area contributed by atoms with Crippen LogP contribution >= 0.6 is 11.8 Å². The molecule has 1 aliphatic rings. The first kappa shape index (κ1) is 15.2. The monoisotopic (exact) mass is 293 g/mol. The molecule has 1 fully saturated rings. The number of anilines is 1. The van der Waals surface area contributed by atoms with Gasteiger partial charge in [-0.05, 0) is 37.7 Å². The Bertz CT molecular complexity index is 452. The van der Waals surface area contributed by atoms with E-state index >= 15 is 0 Å². The Balaban J connectivity index is 1.98. The van der Waals surface area contributed by atoms with Crippen molar-refractivity contribution in [1.29, 1.82) is 0 Å². The molecule has 1 heterocycles. The van der Waals surface area contributed by atoms with Gasteiger partial charge in [-0.25, -0.2) is 0 Å². The predicted octanol–water partition coefficient (Wildman–Crippen LogP) is 2.92. The molecule has 1 amide bonds. The number of hydrogen-bond donors (Lipinski definition) is 2. The highest BCUT2D eigenvalue weighted by Crippen LogP contribution is 2.30. The van der Waals surface area contributed by atoms with Crippen LogP contribution in [0, 0.1) is 0 Å². The number of amides is 1. The van der Waals surface area contributed by atoms with Gasteiger partial charge in [0.25, 0.3) is 5.91 Å². The Morgan fingerprint density at radius 1 is 1.45 bits per heavy atom. The normalized spacial score (nSPS) is 21.7. The molecular weight excluding hydrogens is 270 g/mol. The van der Waals surface area contributed by atoms with E-state index in [1.807, 2.05) is 30.8 Å². The largest absolute Gasteiger partial charge is 0.385 e. The van der Waals surface area contributed by atoms with E-state index in [1.54, 1.807) is 6.20 Å². The molecule has 110 valence electrons. The fourth-order valence-electron chi connectivity index (χ4n) is 2.62. The molecule has 2 rings (SSSR count). The van der Waals surface area contributed by atoms with E-state index in [2.05, 4.69) is 22.5 Å². The molecule has 1 aliphatic carbocycles. The summed E-state index contributed by atoms with van der Waals surface area (Å²) in [6.45, 7) is 5.04. The average Bonchev–Trinajstić information content (AvgIpc) is 2.87. The van der Waals surface area contributed by atoms with Crippen molar-refractivity contribution in [2.45, 2.75) is 44.4 Å². The van der Waals surface area contributed by atoms with Gasteiger partial charge in [-0.15, -0.1) is 0 Å². The second-order valence-electron chi connectivity index (χ2n) is 4.96. The summed E-state index contributed by atoms with van der Waals surface area (Å²) in [5.41, 5.74) is 1.44. The van der Waals surface area contributed by atoms with Crippen LogP contribution in [0.15, 0.2) is 18.3 Å². The zero-order valence-corrected chi connectivity index (χ0v) is 13.0. The van der Waals surface area contributed by atoms with Crippen molar-refractivity contribution in [3.05, 3.63) is 24.0 Å². The van der Waals surface area contributed by atoms with Gasteiger partial charge in [-0.3, -0.25) is 9.78 Å². The highest BCUT2D eigenvalue weighted by atomic mass is 32.2. The van der Waals surface area contributed by atoms with Crippen LogP contribution in [-0.4, -0.2) is 34.5 Å². The first-order chi connectivity index (χ1) is 9.74. The highest BCUT2D eigenvalue weighted by Gasteiger charge is 2.28. The number of nitrogens with zero attached hydrogens (tertiary/aromatic N) is 1. The van der Waals surface area contributed by atoms with Gasteiger partial charge < -0.3 is 10.6 Å². The predicted molar refractivity (Wildman–Crippen MR) is 85.4 cm³/mol. The molecule has 0 aromatic carbocycles. The SMILES string of the molecule is CCNc1ccnc(C(=O)NC2CCCC2SCC)c1. The summed E-state index contributed by atoms with van der Waals surface area (Å²) in [5.74, 6) is 1.05. The number of hydrogen-bond acceptors (Lipinski definition) is 4. The van der Waals surface area contributed by atoms with Gasteiger partial charge in [0.05, 0.1) is 0 Å². The number of aromatic nitrogens is 1. The Labute approximate surface area is 125 Å². The summed E-state index contributed by atoms with van der Waals surface area (Å²) in [4.78, 5) is 16.5. The Hall–Kier alpha value is -1.23. The fourth-order valence-corrected chi connectivity index (χ4v) is 3.81. The molecule has 0 spiro atoms. The van der Waals surface area contributed by atoms with Crippen molar-refractivity contribution in [3.63, 3.8) is 0 Å². The van der Waals surface area contributed by atoms with Crippen molar-refractivity contribution in [2.75, 3.05) is 17.6 Å². The van der Waals surface area contributed by atoms with Gasteiger partial charge in [0.15, 0.2) is 0 Å². The van der Waals surface area contributed by atoms with Crippen LogP contribution in [0.3, 0.4) is 0 Å². The zero-order valence-electron chi connectivity index (χ0n) is 12.2. The van der Waals surface area contributed by atoms with Crippen molar-refractivity contribution >= 4 is 23.4 Å². The maximum Gasteiger partial charge on any atom is 0.270 e. The summed E-state index contributed by atoms with van der Waals surface area (Å²) < 4.78 is 0. The molecule has 5 heteroatoms. The highest BCUT2D eigenvalue weighted by molar-refractivity contribution is 7.99. The van der Waals surface area contributed by atoms with Gasteiger partial charge in [-0.2, -0.15) is 11.8 Å². The average molecular weight is 293 g/mol. The molecule has 1 aromatic heterocycles. The summed E-state index contributed by atoms with van der Waals surface area (Å²) in [7, 11) is 0. The summed E-state index contributed by atoms with van der Waals surface area (Å²) in [6, 6.07) is 3.98. The lowest BCUT2D eigenvalue weighted by Crippen LogP contribution is -2.39. The van der Waals surface area contributed by atoms with Crippen molar-refractivity contribution < 1.29 is 4.79 Å². The lowest BCUT2D eigenvalue weighted by Gasteiger charge is -2.20.